The molecule has 1 fully saturated rings. The van der Waals surface area contributed by atoms with Crippen LogP contribution in [0.1, 0.15) is 11.1 Å². The number of amides is 2. The highest BCUT2D eigenvalue weighted by molar-refractivity contribution is 5.93. The van der Waals surface area contributed by atoms with Gasteiger partial charge in [0.15, 0.2) is 13.1 Å². The van der Waals surface area contributed by atoms with Crippen molar-refractivity contribution >= 4 is 23.2 Å². The predicted molar refractivity (Wildman–Crippen MR) is 111 cm³/mol. The van der Waals surface area contributed by atoms with E-state index in [1.807, 2.05) is 32.0 Å². The smallest absolute Gasteiger partial charge is 0.279 e. The van der Waals surface area contributed by atoms with Crippen molar-refractivity contribution in [3.63, 3.8) is 0 Å². The Hall–Kier alpha value is -2.77. The van der Waals surface area contributed by atoms with Gasteiger partial charge in [0.2, 0.25) is 0 Å². The highest BCUT2D eigenvalue weighted by Crippen LogP contribution is 2.18. The van der Waals surface area contributed by atoms with E-state index in [9.17, 15) is 14.0 Å². The van der Waals surface area contributed by atoms with Crippen LogP contribution >= 0.6 is 0 Å². The van der Waals surface area contributed by atoms with Crippen molar-refractivity contribution < 1.29 is 23.8 Å². The van der Waals surface area contributed by atoms with Crippen LogP contribution in [0.2, 0.25) is 0 Å². The maximum atomic E-state index is 12.9. The van der Waals surface area contributed by atoms with Gasteiger partial charge in [-0.05, 0) is 49.2 Å². The van der Waals surface area contributed by atoms with Crippen LogP contribution in [-0.2, 0) is 9.59 Å². The second kappa shape index (κ2) is 9.62. The lowest BCUT2D eigenvalue weighted by molar-refractivity contribution is -1.00. The first-order chi connectivity index (χ1) is 13.9. The normalized spacial score (nSPS) is 18.9. The summed E-state index contributed by atoms with van der Waals surface area (Å²) in [6.45, 7) is 8.16. The van der Waals surface area contributed by atoms with Crippen molar-refractivity contribution in [2.24, 2.45) is 0 Å². The molecule has 0 radical (unpaired) electrons. The van der Waals surface area contributed by atoms with Gasteiger partial charge in [-0.2, -0.15) is 0 Å². The number of aryl methyl sites for hydroxylation is 2. The molecule has 0 aliphatic carbocycles. The van der Waals surface area contributed by atoms with E-state index in [-0.39, 0.29) is 17.6 Å². The van der Waals surface area contributed by atoms with Crippen LogP contribution in [0.5, 0.6) is 0 Å². The van der Waals surface area contributed by atoms with Gasteiger partial charge < -0.3 is 20.4 Å². The number of para-hydroxylation sites is 1. The molecule has 7 heteroatoms. The highest BCUT2D eigenvalue weighted by atomic mass is 19.1. The minimum atomic E-state index is -0.325. The molecule has 154 valence electrons. The van der Waals surface area contributed by atoms with Gasteiger partial charge in [-0.1, -0.05) is 18.2 Å². The topological polar surface area (TPSA) is 67.1 Å². The van der Waals surface area contributed by atoms with E-state index in [1.165, 1.54) is 21.9 Å². The molecule has 3 rings (SSSR count). The summed E-state index contributed by atoms with van der Waals surface area (Å²) in [7, 11) is 0. The number of piperazine rings is 1. The zero-order chi connectivity index (χ0) is 20.8. The highest BCUT2D eigenvalue weighted by Gasteiger charge is 2.26. The number of quaternary nitrogens is 2. The fourth-order valence-corrected chi connectivity index (χ4v) is 3.70. The molecule has 2 aromatic rings. The lowest BCUT2D eigenvalue weighted by atomic mass is 10.1. The summed E-state index contributed by atoms with van der Waals surface area (Å²) in [6, 6.07) is 11.7. The van der Waals surface area contributed by atoms with Crippen LogP contribution in [-0.4, -0.2) is 51.1 Å². The number of benzene rings is 2. The molecule has 4 N–H and O–H groups in total. The van der Waals surface area contributed by atoms with Crippen molar-refractivity contribution in [2.45, 2.75) is 13.8 Å². The monoisotopic (exact) mass is 400 g/mol. The van der Waals surface area contributed by atoms with Gasteiger partial charge >= 0.3 is 0 Å². The van der Waals surface area contributed by atoms with E-state index in [0.717, 1.165) is 43.0 Å². The molecule has 1 saturated heterocycles. The molecule has 0 atom stereocenters. The van der Waals surface area contributed by atoms with Crippen LogP contribution in [0.4, 0.5) is 15.8 Å². The summed E-state index contributed by atoms with van der Waals surface area (Å²) < 4.78 is 12.9. The molecule has 0 spiro atoms. The zero-order valence-electron chi connectivity index (χ0n) is 17.0. The summed E-state index contributed by atoms with van der Waals surface area (Å²) in [5, 5.41) is 5.84. The Morgan fingerprint density at radius 3 is 1.83 bits per heavy atom. The van der Waals surface area contributed by atoms with Gasteiger partial charge in [0.05, 0.1) is 0 Å². The van der Waals surface area contributed by atoms with Gasteiger partial charge in [-0.25, -0.2) is 4.39 Å². The average Bonchev–Trinajstić information content (AvgIpc) is 2.68. The van der Waals surface area contributed by atoms with Crippen LogP contribution < -0.4 is 20.4 Å². The Morgan fingerprint density at radius 1 is 0.828 bits per heavy atom. The Morgan fingerprint density at radius 2 is 1.31 bits per heavy atom. The van der Waals surface area contributed by atoms with E-state index in [0.29, 0.717) is 18.8 Å². The number of hydrogen-bond donors (Lipinski definition) is 4. The Bertz CT molecular complexity index is 841. The number of nitrogens with one attached hydrogen (secondary N) is 4. The Kier molecular flexibility index (Phi) is 6.95. The van der Waals surface area contributed by atoms with E-state index < -0.39 is 0 Å². The lowest BCUT2D eigenvalue weighted by Gasteiger charge is -2.29. The summed E-state index contributed by atoms with van der Waals surface area (Å²) in [6.07, 6.45) is 0. The maximum absolute atomic E-state index is 12.9. The average molecular weight is 400 g/mol. The van der Waals surface area contributed by atoms with Gasteiger partial charge in [0, 0.05) is 11.4 Å². The molecule has 1 aliphatic heterocycles. The minimum Gasteiger partial charge on any atom is -0.321 e. The standard InChI is InChI=1S/C22H27FN4O2/c1-16-4-3-5-17(2)22(16)25-21(29)15-27-12-10-26(11-13-27)14-20(28)24-19-8-6-18(23)7-9-19/h3-9H,10-15H2,1-2H3,(H,24,28)(H,25,29)/p+2. The molecule has 1 aliphatic rings. The van der Waals surface area contributed by atoms with Crippen LogP contribution in [0.15, 0.2) is 42.5 Å². The first kappa shape index (κ1) is 21.0. The van der Waals surface area contributed by atoms with Crippen molar-refractivity contribution in [3.05, 3.63) is 59.4 Å². The zero-order valence-corrected chi connectivity index (χ0v) is 17.0. The Balaban J connectivity index is 1.41. The third-order valence-electron chi connectivity index (χ3n) is 5.36. The molecule has 0 unspecified atom stereocenters. The summed E-state index contributed by atoms with van der Waals surface area (Å²) in [5.41, 5.74) is 3.63. The van der Waals surface area contributed by atoms with Gasteiger partial charge in [-0.3, -0.25) is 9.59 Å². The molecule has 0 bridgehead atoms. The number of anilines is 2. The molecular weight excluding hydrogens is 371 g/mol. The number of carbonyl (C=O) groups is 2. The fraction of sp³-hybridized carbons (Fsp3) is 0.364. The first-order valence-electron chi connectivity index (χ1n) is 9.99. The van der Waals surface area contributed by atoms with Crippen molar-refractivity contribution in [3.8, 4) is 0 Å². The number of halogens is 1. The van der Waals surface area contributed by atoms with Gasteiger partial charge in [-0.15, -0.1) is 0 Å². The number of hydrogen-bond acceptors (Lipinski definition) is 2. The van der Waals surface area contributed by atoms with Crippen molar-refractivity contribution in [1.82, 2.24) is 0 Å². The maximum Gasteiger partial charge on any atom is 0.279 e. The molecule has 0 aromatic heterocycles. The van der Waals surface area contributed by atoms with Gasteiger partial charge in [0.25, 0.3) is 11.8 Å². The molecule has 6 nitrogen and oxygen atoms in total. The Labute approximate surface area is 170 Å². The second-order valence-electron chi connectivity index (χ2n) is 7.72. The summed E-state index contributed by atoms with van der Waals surface area (Å²) in [4.78, 5) is 27.1. The summed E-state index contributed by atoms with van der Waals surface area (Å²) >= 11 is 0. The van der Waals surface area contributed by atoms with Crippen LogP contribution in [0, 0.1) is 19.7 Å². The molecular formula is C22H29FN4O2+2. The van der Waals surface area contributed by atoms with Crippen LogP contribution in [0.3, 0.4) is 0 Å². The van der Waals surface area contributed by atoms with E-state index in [2.05, 4.69) is 10.6 Å². The van der Waals surface area contributed by atoms with E-state index in [1.54, 1.807) is 12.1 Å². The molecule has 2 amide bonds. The third-order valence-corrected chi connectivity index (χ3v) is 5.36. The molecule has 29 heavy (non-hydrogen) atoms. The largest absolute Gasteiger partial charge is 0.321 e. The molecule has 0 saturated carbocycles. The number of rotatable bonds is 6. The fourth-order valence-electron chi connectivity index (χ4n) is 3.70. The van der Waals surface area contributed by atoms with E-state index in [4.69, 9.17) is 0 Å². The van der Waals surface area contributed by atoms with Crippen molar-refractivity contribution in [2.75, 3.05) is 49.9 Å². The van der Waals surface area contributed by atoms with E-state index >= 15 is 0 Å². The molecule has 1 heterocycles. The van der Waals surface area contributed by atoms with Gasteiger partial charge in [0.1, 0.15) is 32.0 Å². The third kappa shape index (κ3) is 6.10. The lowest BCUT2D eigenvalue weighted by Crippen LogP contribution is -3.28. The second-order valence-corrected chi connectivity index (χ2v) is 7.72. The molecule has 2 aromatic carbocycles. The predicted octanol–water partition coefficient (Wildman–Crippen LogP) is -0.197. The first-order valence-corrected chi connectivity index (χ1v) is 9.99. The SMILES string of the molecule is Cc1cccc(C)c1NC(=O)C[NH+]1CC[NH+](CC(=O)Nc2ccc(F)cc2)CC1. The quantitative estimate of drug-likeness (QED) is 0.543. The van der Waals surface area contributed by atoms with Crippen molar-refractivity contribution in [1.29, 1.82) is 0 Å². The summed E-state index contributed by atoms with van der Waals surface area (Å²) in [5.74, 6) is -0.382. The minimum absolute atomic E-state index is 0.0231. The number of carbonyl (C=O) groups excluding carboxylic acids is 2. The van der Waals surface area contributed by atoms with Crippen LogP contribution in [0.25, 0.3) is 0 Å².